The van der Waals surface area contributed by atoms with Crippen LogP contribution in [0.25, 0.3) is 11.7 Å². The minimum atomic E-state index is -0.209. The predicted octanol–water partition coefficient (Wildman–Crippen LogP) is 3.14. The van der Waals surface area contributed by atoms with E-state index in [0.717, 1.165) is 57.7 Å². The average Bonchev–Trinajstić information content (AvgIpc) is 3.10. The molecule has 34 heavy (non-hydrogen) atoms. The summed E-state index contributed by atoms with van der Waals surface area (Å²) in [5.74, 6) is 0.350. The molecule has 2 aromatic rings. The summed E-state index contributed by atoms with van der Waals surface area (Å²) in [6.07, 6.45) is 6.39. The lowest BCUT2D eigenvalue weighted by atomic mass is 10.2. The highest BCUT2D eigenvalue weighted by atomic mass is 32.2. The van der Waals surface area contributed by atoms with Crippen LogP contribution in [0.4, 0.5) is 5.82 Å². The highest BCUT2D eigenvalue weighted by Gasteiger charge is 2.32. The summed E-state index contributed by atoms with van der Waals surface area (Å²) in [6.45, 7) is 9.36. The van der Waals surface area contributed by atoms with E-state index in [1.54, 1.807) is 17.2 Å². The minimum Gasteiger partial charge on any atom is -0.379 e. The largest absolute Gasteiger partial charge is 0.379 e. The van der Waals surface area contributed by atoms with E-state index in [1.165, 1.54) is 16.2 Å². The molecule has 10 heteroatoms. The van der Waals surface area contributed by atoms with E-state index in [9.17, 15) is 9.59 Å². The molecular weight excluding hydrogens is 470 g/mol. The number of carbonyl (C=O) groups is 1. The van der Waals surface area contributed by atoms with Gasteiger partial charge >= 0.3 is 0 Å². The molecule has 2 aromatic heterocycles. The fourth-order valence-electron chi connectivity index (χ4n) is 4.08. The number of morpholine rings is 1. The fourth-order valence-corrected chi connectivity index (χ4v) is 5.37. The number of unbranched alkanes of at least 4 members (excludes halogenated alkanes) is 2. The van der Waals surface area contributed by atoms with Gasteiger partial charge in [-0.25, -0.2) is 4.98 Å². The van der Waals surface area contributed by atoms with E-state index in [2.05, 4.69) is 17.1 Å². The molecule has 182 valence electrons. The number of fused-ring (bicyclic) bond motifs is 1. The van der Waals surface area contributed by atoms with Crippen LogP contribution in [0, 0.1) is 6.92 Å². The molecule has 0 radical (unpaired) electrons. The lowest BCUT2D eigenvalue weighted by Gasteiger charge is -2.26. The zero-order valence-electron chi connectivity index (χ0n) is 19.7. The monoisotopic (exact) mass is 501 g/mol. The Kier molecular flexibility index (Phi) is 8.36. The van der Waals surface area contributed by atoms with Crippen molar-refractivity contribution in [3.63, 3.8) is 0 Å². The first-order valence-electron chi connectivity index (χ1n) is 11.8. The molecule has 1 N–H and O–H groups in total. The Morgan fingerprint density at radius 3 is 2.79 bits per heavy atom. The van der Waals surface area contributed by atoms with Crippen molar-refractivity contribution in [1.82, 2.24) is 19.2 Å². The Balaban J connectivity index is 1.64. The van der Waals surface area contributed by atoms with Crippen molar-refractivity contribution in [3.8, 4) is 0 Å². The molecule has 0 aliphatic carbocycles. The summed E-state index contributed by atoms with van der Waals surface area (Å²) >= 11 is 6.71. The van der Waals surface area contributed by atoms with E-state index in [0.29, 0.717) is 39.3 Å². The Morgan fingerprint density at radius 1 is 1.24 bits per heavy atom. The lowest BCUT2D eigenvalue weighted by molar-refractivity contribution is -0.122. The number of nitrogens with zero attached hydrogens (tertiary/aromatic N) is 4. The smallest absolute Gasteiger partial charge is 0.267 e. The topological polar surface area (TPSA) is 79.2 Å². The van der Waals surface area contributed by atoms with E-state index < -0.39 is 0 Å². The van der Waals surface area contributed by atoms with Crippen LogP contribution in [0.1, 0.15) is 37.3 Å². The molecule has 4 rings (SSSR count). The molecule has 2 aliphatic heterocycles. The van der Waals surface area contributed by atoms with Gasteiger partial charge in [0.15, 0.2) is 0 Å². The molecule has 2 fully saturated rings. The van der Waals surface area contributed by atoms with Gasteiger partial charge in [-0.15, -0.1) is 0 Å². The van der Waals surface area contributed by atoms with Gasteiger partial charge in [0.05, 0.1) is 23.7 Å². The van der Waals surface area contributed by atoms with E-state index >= 15 is 0 Å². The molecule has 0 bridgehead atoms. The number of thiocarbonyl (C=S) groups is 1. The van der Waals surface area contributed by atoms with Gasteiger partial charge in [-0.1, -0.05) is 49.8 Å². The van der Waals surface area contributed by atoms with Crippen LogP contribution in [0.3, 0.4) is 0 Å². The Morgan fingerprint density at radius 2 is 2.03 bits per heavy atom. The summed E-state index contributed by atoms with van der Waals surface area (Å²) in [4.78, 5) is 35.7. The molecule has 0 saturated carbocycles. The van der Waals surface area contributed by atoms with Crippen molar-refractivity contribution in [1.29, 1.82) is 0 Å². The van der Waals surface area contributed by atoms with Gasteiger partial charge in [0.2, 0.25) is 0 Å². The Labute approximate surface area is 209 Å². The number of pyridine rings is 1. The second-order valence-corrected chi connectivity index (χ2v) is 10.2. The van der Waals surface area contributed by atoms with Crippen molar-refractivity contribution in [3.05, 3.63) is 44.7 Å². The first-order valence-corrected chi connectivity index (χ1v) is 13.0. The van der Waals surface area contributed by atoms with Gasteiger partial charge in [0, 0.05) is 38.9 Å². The van der Waals surface area contributed by atoms with Crippen LogP contribution in [0.5, 0.6) is 0 Å². The third-order valence-electron chi connectivity index (χ3n) is 6.04. The molecule has 0 spiro atoms. The zero-order valence-corrected chi connectivity index (χ0v) is 21.3. The zero-order chi connectivity index (χ0) is 24.1. The highest BCUT2D eigenvalue weighted by molar-refractivity contribution is 8.26. The van der Waals surface area contributed by atoms with E-state index in [4.69, 9.17) is 21.9 Å². The number of aromatic nitrogens is 2. The highest BCUT2D eigenvalue weighted by Crippen LogP contribution is 2.33. The number of hydrogen-bond donors (Lipinski definition) is 1. The van der Waals surface area contributed by atoms with Crippen LogP contribution in [-0.4, -0.2) is 75.3 Å². The number of hydrogen-bond acceptors (Lipinski definition) is 8. The molecule has 8 nitrogen and oxygen atoms in total. The maximum atomic E-state index is 13.5. The first-order chi connectivity index (χ1) is 16.5. The van der Waals surface area contributed by atoms with Crippen molar-refractivity contribution in [2.75, 3.05) is 51.3 Å². The second kappa shape index (κ2) is 11.4. The number of rotatable bonds is 9. The molecule has 4 heterocycles. The summed E-state index contributed by atoms with van der Waals surface area (Å²) in [5, 5.41) is 3.36. The van der Waals surface area contributed by atoms with Crippen molar-refractivity contribution >= 4 is 51.7 Å². The first kappa shape index (κ1) is 24.8. The second-order valence-electron chi connectivity index (χ2n) is 8.49. The van der Waals surface area contributed by atoms with E-state index in [-0.39, 0.29) is 11.5 Å². The van der Waals surface area contributed by atoms with Gasteiger partial charge in [0.1, 0.15) is 15.8 Å². The fraction of sp³-hybridized carbons (Fsp3) is 0.500. The Bertz CT molecular complexity index is 1160. The number of nitrogens with one attached hydrogen (secondary N) is 1. The Hall–Kier alpha value is -2.27. The number of amides is 1. The van der Waals surface area contributed by atoms with Crippen molar-refractivity contribution in [2.24, 2.45) is 0 Å². The number of thioether (sulfide) groups is 1. The molecular formula is C24H31N5O3S2. The predicted molar refractivity (Wildman–Crippen MR) is 141 cm³/mol. The van der Waals surface area contributed by atoms with Crippen LogP contribution >= 0.6 is 24.0 Å². The minimum absolute atomic E-state index is 0.140. The number of aryl methyl sites for hydroxylation is 1. The number of ether oxygens (including phenoxy) is 1. The van der Waals surface area contributed by atoms with Gasteiger partial charge in [-0.3, -0.25) is 23.8 Å². The standard InChI is InChI=1S/C24H31N5O3S2/c1-3-4-5-9-29-23(31)19(34-24(29)33)16-18-20(25-8-11-27-12-14-32-15-13-27)26-21-17(2)7-6-10-28(21)22(18)30/h6-7,10,16,25H,3-5,8-9,11-15H2,1-2H3. The van der Waals surface area contributed by atoms with Crippen molar-refractivity contribution < 1.29 is 9.53 Å². The lowest BCUT2D eigenvalue weighted by Crippen LogP contribution is -2.39. The quantitative estimate of drug-likeness (QED) is 0.319. The average molecular weight is 502 g/mol. The van der Waals surface area contributed by atoms with Crippen LogP contribution < -0.4 is 10.9 Å². The summed E-state index contributed by atoms with van der Waals surface area (Å²) < 4.78 is 7.50. The maximum absolute atomic E-state index is 13.5. The van der Waals surface area contributed by atoms with Gasteiger partial charge in [-0.05, 0) is 31.1 Å². The van der Waals surface area contributed by atoms with Crippen LogP contribution in [0.2, 0.25) is 0 Å². The van der Waals surface area contributed by atoms with Gasteiger partial charge in [0.25, 0.3) is 11.5 Å². The van der Waals surface area contributed by atoms with E-state index in [1.807, 2.05) is 19.1 Å². The molecule has 2 aliphatic rings. The van der Waals surface area contributed by atoms with Crippen LogP contribution in [0.15, 0.2) is 28.0 Å². The number of carbonyl (C=O) groups excluding carboxylic acids is 1. The number of anilines is 1. The SMILES string of the molecule is CCCCCN1C(=O)C(=Cc2c(NCCN3CCOCC3)nc3c(C)cccn3c2=O)SC1=S. The molecule has 0 unspecified atom stereocenters. The maximum Gasteiger partial charge on any atom is 0.267 e. The summed E-state index contributed by atoms with van der Waals surface area (Å²) in [6, 6.07) is 3.76. The molecule has 1 amide bonds. The van der Waals surface area contributed by atoms with Gasteiger partial charge < -0.3 is 10.1 Å². The summed E-state index contributed by atoms with van der Waals surface area (Å²) in [7, 11) is 0. The van der Waals surface area contributed by atoms with Crippen LogP contribution in [-0.2, 0) is 9.53 Å². The summed E-state index contributed by atoms with van der Waals surface area (Å²) in [5.41, 5.74) is 1.67. The van der Waals surface area contributed by atoms with Crippen molar-refractivity contribution in [2.45, 2.75) is 33.1 Å². The van der Waals surface area contributed by atoms with Gasteiger partial charge in [-0.2, -0.15) is 0 Å². The normalized spacial score (nSPS) is 18.4. The molecule has 0 atom stereocenters. The molecule has 2 saturated heterocycles. The third-order valence-corrected chi connectivity index (χ3v) is 7.42. The molecule has 0 aromatic carbocycles. The third kappa shape index (κ3) is 5.51.